The first-order valence-corrected chi connectivity index (χ1v) is 5.33. The van der Waals surface area contributed by atoms with E-state index < -0.39 is 0 Å². The van der Waals surface area contributed by atoms with E-state index >= 15 is 0 Å². The molecule has 2 rings (SSSR count). The van der Waals surface area contributed by atoms with Gasteiger partial charge in [-0.3, -0.25) is 4.98 Å². The van der Waals surface area contributed by atoms with Gasteiger partial charge < -0.3 is 11.1 Å². The molecule has 0 aromatic carbocycles. The van der Waals surface area contributed by atoms with Crippen molar-refractivity contribution in [3.8, 4) is 0 Å². The molecule has 0 radical (unpaired) electrons. The van der Waals surface area contributed by atoms with E-state index in [0.717, 1.165) is 11.1 Å². The second-order valence-corrected chi connectivity index (χ2v) is 3.78. The van der Waals surface area contributed by atoms with Crippen molar-refractivity contribution in [3.63, 3.8) is 0 Å². The van der Waals surface area contributed by atoms with Gasteiger partial charge in [-0.25, -0.2) is 0 Å². The molecule has 0 fully saturated rings. The molecule has 88 valence electrons. The van der Waals surface area contributed by atoms with E-state index in [1.807, 2.05) is 13.0 Å². The average molecular weight is 251 g/mol. The van der Waals surface area contributed by atoms with Crippen LogP contribution >= 0.6 is 11.6 Å². The fourth-order valence-corrected chi connectivity index (χ4v) is 1.49. The normalized spacial score (nSPS) is 10.2. The van der Waals surface area contributed by atoms with Crippen LogP contribution in [0.1, 0.15) is 11.1 Å². The topological polar surface area (TPSA) is 89.6 Å². The highest BCUT2D eigenvalue weighted by molar-refractivity contribution is 6.28. The van der Waals surface area contributed by atoms with Crippen LogP contribution in [0, 0.1) is 6.92 Å². The van der Waals surface area contributed by atoms with Crippen LogP contribution in [0.4, 0.5) is 11.9 Å². The van der Waals surface area contributed by atoms with Gasteiger partial charge in [0.1, 0.15) is 0 Å². The molecule has 0 aliphatic carbocycles. The molecule has 0 bridgehead atoms. The van der Waals surface area contributed by atoms with Crippen molar-refractivity contribution in [2.75, 3.05) is 11.1 Å². The van der Waals surface area contributed by atoms with Crippen molar-refractivity contribution >= 4 is 23.5 Å². The summed E-state index contributed by atoms with van der Waals surface area (Å²) in [6, 6.07) is 1.93. The van der Waals surface area contributed by atoms with Gasteiger partial charge in [0.15, 0.2) is 0 Å². The lowest BCUT2D eigenvalue weighted by molar-refractivity contribution is 1.00. The maximum atomic E-state index is 5.67. The Kier molecular flexibility index (Phi) is 3.34. The van der Waals surface area contributed by atoms with Gasteiger partial charge in [0, 0.05) is 18.9 Å². The molecular formula is C10H11ClN6. The van der Waals surface area contributed by atoms with Crippen LogP contribution in [0.25, 0.3) is 0 Å². The second-order valence-electron chi connectivity index (χ2n) is 3.44. The number of anilines is 2. The largest absolute Gasteiger partial charge is 0.368 e. The van der Waals surface area contributed by atoms with Crippen LogP contribution in [0.15, 0.2) is 18.5 Å². The van der Waals surface area contributed by atoms with Crippen molar-refractivity contribution in [2.45, 2.75) is 13.5 Å². The Labute approximate surface area is 103 Å². The predicted octanol–water partition coefficient (Wildman–Crippen LogP) is 1.42. The van der Waals surface area contributed by atoms with Gasteiger partial charge in [-0.1, -0.05) is 0 Å². The Morgan fingerprint density at radius 2 is 2.18 bits per heavy atom. The third-order valence-corrected chi connectivity index (χ3v) is 2.37. The summed E-state index contributed by atoms with van der Waals surface area (Å²) in [5.41, 5.74) is 7.66. The van der Waals surface area contributed by atoms with E-state index in [9.17, 15) is 0 Å². The molecule has 0 saturated heterocycles. The van der Waals surface area contributed by atoms with Gasteiger partial charge in [-0.15, -0.1) is 0 Å². The Morgan fingerprint density at radius 3 is 2.88 bits per heavy atom. The molecule has 0 amide bonds. The highest BCUT2D eigenvalue weighted by Crippen LogP contribution is 2.10. The zero-order chi connectivity index (χ0) is 12.3. The molecule has 6 nitrogen and oxygen atoms in total. The van der Waals surface area contributed by atoms with Crippen LogP contribution in [0.3, 0.4) is 0 Å². The SMILES string of the molecule is Cc1cnccc1CNc1nc(N)nc(Cl)n1. The smallest absolute Gasteiger partial charge is 0.229 e. The summed E-state index contributed by atoms with van der Waals surface area (Å²) in [6.45, 7) is 2.56. The van der Waals surface area contributed by atoms with Gasteiger partial charge in [0.2, 0.25) is 17.2 Å². The maximum absolute atomic E-state index is 5.67. The summed E-state index contributed by atoms with van der Waals surface area (Å²) in [6.07, 6.45) is 3.53. The summed E-state index contributed by atoms with van der Waals surface area (Å²) in [5, 5.41) is 3.10. The number of hydrogen-bond donors (Lipinski definition) is 2. The van der Waals surface area contributed by atoms with Crippen LogP contribution in [0.2, 0.25) is 5.28 Å². The maximum Gasteiger partial charge on any atom is 0.229 e. The molecule has 0 atom stereocenters. The predicted molar refractivity (Wildman–Crippen MR) is 65.6 cm³/mol. The lowest BCUT2D eigenvalue weighted by Crippen LogP contribution is -2.07. The molecule has 0 saturated carbocycles. The molecule has 7 heteroatoms. The number of halogens is 1. The number of hydrogen-bond acceptors (Lipinski definition) is 6. The summed E-state index contributed by atoms with van der Waals surface area (Å²) in [4.78, 5) is 15.5. The summed E-state index contributed by atoms with van der Waals surface area (Å²) >= 11 is 5.67. The lowest BCUT2D eigenvalue weighted by atomic mass is 10.1. The van der Waals surface area contributed by atoms with E-state index in [0.29, 0.717) is 12.5 Å². The fraction of sp³-hybridized carbons (Fsp3) is 0.200. The third kappa shape index (κ3) is 3.01. The van der Waals surface area contributed by atoms with E-state index in [4.69, 9.17) is 17.3 Å². The molecule has 0 spiro atoms. The van der Waals surface area contributed by atoms with Gasteiger partial charge in [-0.2, -0.15) is 15.0 Å². The molecule has 17 heavy (non-hydrogen) atoms. The minimum atomic E-state index is 0.0754. The van der Waals surface area contributed by atoms with E-state index in [1.54, 1.807) is 12.4 Å². The molecule has 2 aromatic rings. The number of nitrogen functional groups attached to an aromatic ring is 1. The molecular weight excluding hydrogens is 240 g/mol. The van der Waals surface area contributed by atoms with Gasteiger partial charge in [0.05, 0.1) is 0 Å². The number of pyridine rings is 1. The first-order valence-electron chi connectivity index (χ1n) is 4.95. The van der Waals surface area contributed by atoms with Crippen LogP contribution in [-0.2, 0) is 6.54 Å². The minimum absolute atomic E-state index is 0.0754. The molecule has 2 heterocycles. The first kappa shape index (κ1) is 11.5. The summed E-state index contributed by atoms with van der Waals surface area (Å²) in [5.74, 6) is 0.456. The van der Waals surface area contributed by atoms with Crippen LogP contribution < -0.4 is 11.1 Å². The summed E-state index contributed by atoms with van der Waals surface area (Å²) < 4.78 is 0. The molecule has 0 aliphatic rings. The number of aromatic nitrogens is 4. The molecule has 0 aliphatic heterocycles. The van der Waals surface area contributed by atoms with E-state index in [-0.39, 0.29) is 11.2 Å². The fourth-order valence-electron chi connectivity index (χ4n) is 1.32. The Hall–Kier alpha value is -1.95. The quantitative estimate of drug-likeness (QED) is 0.856. The Morgan fingerprint density at radius 1 is 1.35 bits per heavy atom. The lowest BCUT2D eigenvalue weighted by Gasteiger charge is -2.07. The van der Waals surface area contributed by atoms with Crippen molar-refractivity contribution in [2.24, 2.45) is 0 Å². The zero-order valence-electron chi connectivity index (χ0n) is 9.18. The zero-order valence-corrected chi connectivity index (χ0v) is 9.94. The number of nitrogens with one attached hydrogen (secondary N) is 1. The number of rotatable bonds is 3. The van der Waals surface area contributed by atoms with Gasteiger partial charge in [0.25, 0.3) is 0 Å². The number of nitrogens with zero attached hydrogens (tertiary/aromatic N) is 4. The monoisotopic (exact) mass is 250 g/mol. The highest BCUT2D eigenvalue weighted by atomic mass is 35.5. The van der Waals surface area contributed by atoms with Crippen LogP contribution in [0.5, 0.6) is 0 Å². The minimum Gasteiger partial charge on any atom is -0.368 e. The van der Waals surface area contributed by atoms with E-state index in [1.165, 1.54) is 0 Å². The third-order valence-electron chi connectivity index (χ3n) is 2.20. The molecule has 2 aromatic heterocycles. The van der Waals surface area contributed by atoms with Crippen molar-refractivity contribution < 1.29 is 0 Å². The number of aryl methyl sites for hydroxylation is 1. The average Bonchev–Trinajstić information content (AvgIpc) is 2.27. The Balaban J connectivity index is 2.10. The molecule has 0 unspecified atom stereocenters. The van der Waals surface area contributed by atoms with Gasteiger partial charge >= 0.3 is 0 Å². The Bertz CT molecular complexity index is 510. The standard InChI is InChI=1S/C10H11ClN6/c1-6-4-13-3-2-7(6)5-14-10-16-8(11)15-9(12)17-10/h2-4H,5H2,1H3,(H3,12,14,15,16,17). The first-order chi connectivity index (χ1) is 8.15. The van der Waals surface area contributed by atoms with Crippen molar-refractivity contribution in [3.05, 3.63) is 34.9 Å². The van der Waals surface area contributed by atoms with E-state index in [2.05, 4.69) is 25.3 Å². The van der Waals surface area contributed by atoms with Gasteiger partial charge in [-0.05, 0) is 35.7 Å². The van der Waals surface area contributed by atoms with Crippen LogP contribution in [-0.4, -0.2) is 19.9 Å². The summed E-state index contributed by atoms with van der Waals surface area (Å²) in [7, 11) is 0. The van der Waals surface area contributed by atoms with Crippen molar-refractivity contribution in [1.29, 1.82) is 0 Å². The second kappa shape index (κ2) is 4.92. The number of nitrogens with two attached hydrogens (primary N) is 1. The molecule has 3 N–H and O–H groups in total. The van der Waals surface area contributed by atoms with Crippen molar-refractivity contribution in [1.82, 2.24) is 19.9 Å². The highest BCUT2D eigenvalue weighted by Gasteiger charge is 2.03.